The number of anilines is 1. The van der Waals surface area contributed by atoms with E-state index in [1.54, 1.807) is 0 Å². The largest absolute Gasteiger partial charge is 0.336 e. The monoisotopic (exact) mass is 386 g/mol. The van der Waals surface area contributed by atoms with Crippen LogP contribution in [0.5, 0.6) is 0 Å². The molecule has 0 saturated heterocycles. The molecule has 1 aliphatic carbocycles. The number of nitrogen functional groups attached to an aromatic ring is 1. The Morgan fingerprint density at radius 3 is 2.85 bits per heavy atom. The second kappa shape index (κ2) is 7.08. The van der Waals surface area contributed by atoms with Crippen molar-refractivity contribution in [2.45, 2.75) is 36.1 Å². The van der Waals surface area contributed by atoms with Crippen molar-refractivity contribution < 1.29 is 4.79 Å². The second-order valence-corrected chi connectivity index (χ2v) is 8.30. The van der Waals surface area contributed by atoms with E-state index in [-0.39, 0.29) is 11.2 Å². The van der Waals surface area contributed by atoms with E-state index in [0.29, 0.717) is 16.2 Å². The number of nitrogens with two attached hydrogens (primary N) is 1. The number of benzene rings is 1. The number of hydrogen-bond acceptors (Lipinski definition) is 7. The zero-order valence-corrected chi connectivity index (χ0v) is 15.8. The molecular weight excluding hydrogens is 368 g/mol. The third kappa shape index (κ3) is 3.58. The first-order valence-electron chi connectivity index (χ1n) is 8.30. The zero-order valence-electron chi connectivity index (χ0n) is 14.1. The molecular formula is C17H18N6OS2. The van der Waals surface area contributed by atoms with Gasteiger partial charge in [0.1, 0.15) is 0 Å². The standard InChI is InChI=1S/C17H18N6OS2/c1-10(26-17-22-21-14(23(17)18)12-7-8-12)15(24)20-16-19-13(9-25-16)11-5-3-2-4-6-11/h2-6,9-10,12H,7-8,18H2,1H3,(H,19,20,24)/t10-/m0/s1. The number of carbonyl (C=O) groups excluding carboxylic acids is 1. The lowest BCUT2D eigenvalue weighted by molar-refractivity contribution is -0.115. The van der Waals surface area contributed by atoms with Gasteiger partial charge >= 0.3 is 0 Å². The summed E-state index contributed by atoms with van der Waals surface area (Å²) < 4.78 is 1.50. The molecule has 2 heterocycles. The van der Waals surface area contributed by atoms with E-state index in [0.717, 1.165) is 29.9 Å². The van der Waals surface area contributed by atoms with Crippen LogP contribution in [0.2, 0.25) is 0 Å². The van der Waals surface area contributed by atoms with E-state index >= 15 is 0 Å². The molecule has 3 N–H and O–H groups in total. The molecule has 1 atom stereocenters. The summed E-state index contributed by atoms with van der Waals surface area (Å²) in [7, 11) is 0. The predicted molar refractivity (Wildman–Crippen MR) is 104 cm³/mol. The molecule has 1 saturated carbocycles. The first-order valence-corrected chi connectivity index (χ1v) is 10.1. The molecule has 1 aliphatic rings. The number of nitrogens with one attached hydrogen (secondary N) is 1. The maximum absolute atomic E-state index is 12.5. The Morgan fingerprint density at radius 1 is 1.35 bits per heavy atom. The van der Waals surface area contributed by atoms with Crippen LogP contribution in [0.3, 0.4) is 0 Å². The second-order valence-electron chi connectivity index (χ2n) is 6.14. The number of nitrogens with zero attached hydrogens (tertiary/aromatic N) is 4. The van der Waals surface area contributed by atoms with E-state index in [1.807, 2.05) is 42.6 Å². The van der Waals surface area contributed by atoms with Crippen LogP contribution >= 0.6 is 23.1 Å². The Labute approximate surface area is 159 Å². The van der Waals surface area contributed by atoms with Crippen LogP contribution in [0.4, 0.5) is 5.13 Å². The number of hydrogen-bond donors (Lipinski definition) is 2. The average Bonchev–Trinajstić information content (AvgIpc) is 3.28. The van der Waals surface area contributed by atoms with E-state index in [1.165, 1.54) is 27.8 Å². The normalized spacial score (nSPS) is 15.0. The number of thioether (sulfide) groups is 1. The summed E-state index contributed by atoms with van der Waals surface area (Å²) in [4.78, 5) is 16.9. The number of carbonyl (C=O) groups is 1. The van der Waals surface area contributed by atoms with Crippen molar-refractivity contribution in [1.29, 1.82) is 0 Å². The van der Waals surface area contributed by atoms with Crippen LogP contribution in [0.1, 0.15) is 31.5 Å². The van der Waals surface area contributed by atoms with Gasteiger partial charge in [0.25, 0.3) is 0 Å². The molecule has 0 aliphatic heterocycles. The Hall–Kier alpha value is -2.39. The van der Waals surface area contributed by atoms with Gasteiger partial charge in [-0.3, -0.25) is 4.79 Å². The summed E-state index contributed by atoms with van der Waals surface area (Å²) in [5, 5.41) is 13.8. The van der Waals surface area contributed by atoms with Gasteiger partial charge in [-0.15, -0.1) is 21.5 Å². The fourth-order valence-electron chi connectivity index (χ4n) is 2.48. The topological polar surface area (TPSA) is 98.7 Å². The molecule has 134 valence electrons. The lowest BCUT2D eigenvalue weighted by Crippen LogP contribution is -2.23. The van der Waals surface area contributed by atoms with Gasteiger partial charge < -0.3 is 11.2 Å². The van der Waals surface area contributed by atoms with Crippen molar-refractivity contribution in [3.05, 3.63) is 41.5 Å². The van der Waals surface area contributed by atoms with Crippen LogP contribution in [-0.4, -0.2) is 31.0 Å². The quantitative estimate of drug-likeness (QED) is 0.499. The molecule has 1 fully saturated rings. The Bertz CT molecular complexity index is 918. The molecule has 1 amide bonds. The highest BCUT2D eigenvalue weighted by Crippen LogP contribution is 2.39. The lowest BCUT2D eigenvalue weighted by atomic mass is 10.2. The highest BCUT2D eigenvalue weighted by atomic mass is 32.2. The number of rotatable bonds is 6. The first-order chi connectivity index (χ1) is 12.6. The molecule has 0 radical (unpaired) electrons. The SMILES string of the molecule is C[C@H](Sc1nnc(C2CC2)n1N)C(=O)Nc1nc(-c2ccccc2)cs1. The number of aromatic nitrogens is 4. The van der Waals surface area contributed by atoms with Gasteiger partial charge in [-0.2, -0.15) is 0 Å². The fourth-order valence-corrected chi connectivity index (χ4v) is 3.98. The van der Waals surface area contributed by atoms with Crippen LogP contribution in [-0.2, 0) is 4.79 Å². The molecule has 0 unspecified atom stereocenters. The summed E-state index contributed by atoms with van der Waals surface area (Å²) in [5.41, 5.74) is 1.87. The third-order valence-electron chi connectivity index (χ3n) is 4.09. The minimum Gasteiger partial charge on any atom is -0.336 e. The van der Waals surface area contributed by atoms with Crippen LogP contribution in [0, 0.1) is 0 Å². The van der Waals surface area contributed by atoms with Gasteiger partial charge in [0, 0.05) is 16.9 Å². The minimum absolute atomic E-state index is 0.139. The van der Waals surface area contributed by atoms with Gasteiger partial charge in [-0.05, 0) is 19.8 Å². The van der Waals surface area contributed by atoms with Crippen molar-refractivity contribution in [2.75, 3.05) is 11.2 Å². The molecule has 1 aromatic carbocycles. The van der Waals surface area contributed by atoms with Crippen LogP contribution in [0.25, 0.3) is 11.3 Å². The fraction of sp³-hybridized carbons (Fsp3) is 0.294. The maximum atomic E-state index is 12.5. The summed E-state index contributed by atoms with van der Waals surface area (Å²) >= 11 is 2.70. The summed E-state index contributed by atoms with van der Waals surface area (Å²) in [6.45, 7) is 1.82. The van der Waals surface area contributed by atoms with Crippen LogP contribution in [0.15, 0.2) is 40.9 Å². The highest BCUT2D eigenvalue weighted by molar-refractivity contribution is 8.00. The van der Waals surface area contributed by atoms with Crippen molar-refractivity contribution in [2.24, 2.45) is 0 Å². The van der Waals surface area contributed by atoms with Crippen molar-refractivity contribution in [3.8, 4) is 11.3 Å². The summed E-state index contributed by atoms with van der Waals surface area (Å²) in [5.74, 6) is 7.12. The number of thiazole rings is 1. The molecule has 2 aromatic heterocycles. The molecule has 0 spiro atoms. The third-order valence-corrected chi connectivity index (χ3v) is 5.90. The van der Waals surface area contributed by atoms with Gasteiger partial charge in [0.05, 0.1) is 10.9 Å². The van der Waals surface area contributed by atoms with Gasteiger partial charge in [-0.25, -0.2) is 9.66 Å². The van der Waals surface area contributed by atoms with Gasteiger partial charge in [-0.1, -0.05) is 42.1 Å². The van der Waals surface area contributed by atoms with Gasteiger partial charge in [0.2, 0.25) is 11.1 Å². The highest BCUT2D eigenvalue weighted by Gasteiger charge is 2.30. The van der Waals surface area contributed by atoms with Crippen molar-refractivity contribution >= 4 is 34.1 Å². The molecule has 9 heteroatoms. The van der Waals surface area contributed by atoms with E-state index < -0.39 is 0 Å². The van der Waals surface area contributed by atoms with E-state index in [9.17, 15) is 4.79 Å². The molecule has 7 nitrogen and oxygen atoms in total. The predicted octanol–water partition coefficient (Wildman–Crippen LogP) is 3.11. The Morgan fingerprint density at radius 2 is 2.12 bits per heavy atom. The zero-order chi connectivity index (χ0) is 18.1. The van der Waals surface area contributed by atoms with Crippen molar-refractivity contribution in [1.82, 2.24) is 19.9 Å². The Kier molecular flexibility index (Phi) is 4.64. The van der Waals surface area contributed by atoms with E-state index in [2.05, 4.69) is 20.5 Å². The molecule has 26 heavy (non-hydrogen) atoms. The average molecular weight is 387 g/mol. The molecule has 4 rings (SSSR count). The first kappa shape index (κ1) is 17.0. The molecule has 0 bridgehead atoms. The maximum Gasteiger partial charge on any atom is 0.239 e. The Balaban J connectivity index is 1.39. The number of amides is 1. The van der Waals surface area contributed by atoms with Crippen molar-refractivity contribution in [3.63, 3.8) is 0 Å². The summed E-state index contributed by atoms with van der Waals surface area (Å²) in [6, 6.07) is 9.87. The summed E-state index contributed by atoms with van der Waals surface area (Å²) in [6.07, 6.45) is 2.20. The van der Waals surface area contributed by atoms with Gasteiger partial charge in [0.15, 0.2) is 11.0 Å². The minimum atomic E-state index is -0.363. The van der Waals surface area contributed by atoms with E-state index in [4.69, 9.17) is 5.84 Å². The molecule has 3 aromatic rings. The smallest absolute Gasteiger partial charge is 0.239 e. The lowest BCUT2D eigenvalue weighted by Gasteiger charge is -2.09. The van der Waals surface area contributed by atoms with Crippen LogP contribution < -0.4 is 11.2 Å².